The first-order chi connectivity index (χ1) is 5.35. The molecule has 5 heteroatoms. The summed E-state index contributed by atoms with van der Waals surface area (Å²) in [5, 5.41) is 13.6. The smallest absolute Gasteiger partial charge is 0.356 e. The van der Waals surface area contributed by atoms with E-state index in [-0.39, 0.29) is 51.4 Å². The molecule has 0 aromatic carbocycles. The van der Waals surface area contributed by atoms with Crippen LogP contribution in [-0.2, 0) is 0 Å². The minimum Gasteiger partial charge on any atom is -0.356 e. The van der Waals surface area contributed by atoms with Gasteiger partial charge in [0, 0.05) is 13.6 Å². The van der Waals surface area contributed by atoms with E-state index in [2.05, 4.69) is 22.5 Å². The topological polar surface area (TPSA) is 60.2 Å². The molecule has 0 rings (SSSR count). The molecule has 0 aromatic rings. The predicted molar refractivity (Wildman–Crippen MR) is 44.7 cm³/mol. The molecular weight excluding hydrogens is 179 g/mol. The first kappa shape index (κ1) is 14.9. The van der Waals surface area contributed by atoms with Gasteiger partial charge in [0.15, 0.2) is 6.19 Å². The Morgan fingerprint density at radius 1 is 1.67 bits per heavy atom. The number of nitrogens with zero attached hydrogens (tertiary/aromatic N) is 2. The molecule has 0 spiro atoms. The first-order valence-electron chi connectivity index (χ1n) is 3.50. The Morgan fingerprint density at radius 2 is 2.33 bits per heavy atom. The monoisotopic (exact) mass is 192 g/mol. The van der Waals surface area contributed by atoms with Crippen LogP contribution in [0.2, 0.25) is 0 Å². The van der Waals surface area contributed by atoms with Crippen molar-refractivity contribution >= 4 is 5.96 Å². The van der Waals surface area contributed by atoms with Crippen molar-refractivity contribution in [2.45, 2.75) is 12.8 Å². The number of nitriles is 1. The summed E-state index contributed by atoms with van der Waals surface area (Å²) in [6.07, 6.45) is 3.65. The summed E-state index contributed by atoms with van der Waals surface area (Å²) in [4.78, 5) is 3.80. The maximum absolute atomic E-state index is 8.23. The fraction of sp³-hybridized carbons (Fsp3) is 0.571. The fourth-order valence-electron chi connectivity index (χ4n) is 0.564. The number of hydrogen-bond acceptors (Lipinski definition) is 2. The van der Waals surface area contributed by atoms with Gasteiger partial charge in [0.05, 0.1) is 0 Å². The van der Waals surface area contributed by atoms with Crippen molar-refractivity contribution < 1.29 is 51.4 Å². The summed E-state index contributed by atoms with van der Waals surface area (Å²) in [7, 11) is 1.62. The van der Waals surface area contributed by atoms with Crippen molar-refractivity contribution in [2.24, 2.45) is 4.99 Å². The van der Waals surface area contributed by atoms with E-state index < -0.39 is 0 Å². The third kappa shape index (κ3) is 8.49. The zero-order valence-corrected chi connectivity index (χ0v) is 10.8. The van der Waals surface area contributed by atoms with Crippen LogP contribution >= 0.6 is 0 Å². The number of nitrogens with one attached hydrogen (secondary N) is 2. The van der Waals surface area contributed by atoms with Crippen molar-refractivity contribution in [3.8, 4) is 6.19 Å². The molecule has 0 aliphatic rings. The third-order valence-electron chi connectivity index (χ3n) is 1.12. The Hall–Kier alpha value is 0.396. The van der Waals surface area contributed by atoms with Gasteiger partial charge in [-0.2, -0.15) is 11.7 Å². The van der Waals surface area contributed by atoms with Crippen LogP contribution in [0.4, 0.5) is 0 Å². The van der Waals surface area contributed by atoms with Gasteiger partial charge >= 0.3 is 51.4 Å². The van der Waals surface area contributed by atoms with Gasteiger partial charge in [-0.1, -0.05) is 6.42 Å². The Morgan fingerprint density at radius 3 is 2.75 bits per heavy atom. The van der Waals surface area contributed by atoms with Crippen LogP contribution in [-0.4, -0.2) is 19.6 Å². The van der Waals surface area contributed by atoms with Gasteiger partial charge in [-0.25, -0.2) is 0 Å². The maximum Gasteiger partial charge on any atom is 1.00 e. The molecular formula is C7H13KN4. The SMILES string of the molecule is [CH2-]CCCNC(=NC)NC#N.[K+]. The molecule has 0 aliphatic carbocycles. The van der Waals surface area contributed by atoms with Crippen molar-refractivity contribution in [2.75, 3.05) is 13.6 Å². The fourth-order valence-corrected chi connectivity index (χ4v) is 0.564. The standard InChI is InChI=1S/C7H13N4.K/c1-3-4-5-10-7(9-2)11-6-8;/h1,3-5H2,2H3,(H2,9,10,11);/q-1;+1. The summed E-state index contributed by atoms with van der Waals surface area (Å²) >= 11 is 0. The molecule has 0 bridgehead atoms. The first-order valence-corrected chi connectivity index (χ1v) is 3.50. The molecule has 0 atom stereocenters. The Labute approximate surface area is 116 Å². The van der Waals surface area contributed by atoms with Gasteiger partial charge in [-0.15, -0.1) is 0 Å². The molecule has 0 heterocycles. The third-order valence-corrected chi connectivity index (χ3v) is 1.12. The zero-order valence-electron chi connectivity index (χ0n) is 7.72. The van der Waals surface area contributed by atoms with Gasteiger partial charge in [-0.05, 0) is 0 Å². The molecule has 0 aromatic heterocycles. The minimum absolute atomic E-state index is 0. The van der Waals surface area contributed by atoms with Crippen LogP contribution in [0, 0.1) is 18.4 Å². The van der Waals surface area contributed by atoms with E-state index in [4.69, 9.17) is 5.26 Å². The Balaban J connectivity index is 0. The summed E-state index contributed by atoms with van der Waals surface area (Å²) in [6.45, 7) is 4.49. The second-order valence-electron chi connectivity index (χ2n) is 1.94. The second-order valence-corrected chi connectivity index (χ2v) is 1.94. The Bertz CT molecular complexity index is 161. The van der Waals surface area contributed by atoms with E-state index in [1.807, 2.05) is 0 Å². The average molecular weight is 192 g/mol. The van der Waals surface area contributed by atoms with Gasteiger partial charge in [0.2, 0.25) is 5.96 Å². The molecule has 0 amide bonds. The molecule has 12 heavy (non-hydrogen) atoms. The van der Waals surface area contributed by atoms with E-state index in [1.54, 1.807) is 13.2 Å². The normalized spacial score (nSPS) is 9.58. The molecule has 62 valence electrons. The van der Waals surface area contributed by atoms with Gasteiger partial charge in [0.1, 0.15) is 0 Å². The number of hydrogen-bond donors (Lipinski definition) is 2. The van der Waals surface area contributed by atoms with Gasteiger partial charge in [-0.3, -0.25) is 10.3 Å². The molecule has 0 unspecified atom stereocenters. The molecule has 0 saturated heterocycles. The zero-order chi connectivity index (χ0) is 8.53. The summed E-state index contributed by atoms with van der Waals surface area (Å²) in [5.74, 6) is 0.515. The van der Waals surface area contributed by atoms with Crippen LogP contribution in [0.3, 0.4) is 0 Å². The van der Waals surface area contributed by atoms with E-state index in [1.165, 1.54) is 0 Å². The second kappa shape index (κ2) is 11.4. The molecule has 0 aliphatic heterocycles. The largest absolute Gasteiger partial charge is 1.00 e. The van der Waals surface area contributed by atoms with Gasteiger partial charge < -0.3 is 12.2 Å². The number of aliphatic imine (C=N–C) groups is 1. The van der Waals surface area contributed by atoms with Crippen molar-refractivity contribution in [3.63, 3.8) is 0 Å². The molecule has 0 fully saturated rings. The average Bonchev–Trinajstić information content (AvgIpc) is 2.03. The van der Waals surface area contributed by atoms with Crippen LogP contribution < -0.4 is 62.0 Å². The summed E-state index contributed by atoms with van der Waals surface area (Å²) in [5.41, 5.74) is 0. The number of guanidine groups is 1. The maximum atomic E-state index is 8.23. The van der Waals surface area contributed by atoms with E-state index in [0.717, 1.165) is 19.4 Å². The Kier molecular flexibility index (Phi) is 14.1. The molecule has 0 radical (unpaired) electrons. The minimum atomic E-state index is 0. The molecule has 4 nitrogen and oxygen atoms in total. The van der Waals surface area contributed by atoms with Crippen molar-refractivity contribution in [3.05, 3.63) is 6.92 Å². The summed E-state index contributed by atoms with van der Waals surface area (Å²) < 4.78 is 0. The van der Waals surface area contributed by atoms with Crippen LogP contribution in [0.15, 0.2) is 4.99 Å². The van der Waals surface area contributed by atoms with Gasteiger partial charge in [0.25, 0.3) is 0 Å². The number of rotatable bonds is 3. The predicted octanol–water partition coefficient (Wildman–Crippen LogP) is -2.75. The van der Waals surface area contributed by atoms with Crippen LogP contribution in [0.5, 0.6) is 0 Å². The van der Waals surface area contributed by atoms with E-state index >= 15 is 0 Å². The van der Waals surface area contributed by atoms with Crippen molar-refractivity contribution in [1.29, 1.82) is 5.26 Å². The molecule has 2 N–H and O–H groups in total. The van der Waals surface area contributed by atoms with Crippen LogP contribution in [0.25, 0.3) is 0 Å². The molecule has 0 saturated carbocycles. The van der Waals surface area contributed by atoms with E-state index in [9.17, 15) is 0 Å². The quantitative estimate of drug-likeness (QED) is 0.0969. The summed E-state index contributed by atoms with van der Waals surface area (Å²) in [6, 6.07) is 0. The van der Waals surface area contributed by atoms with Crippen LogP contribution in [0.1, 0.15) is 12.8 Å². The van der Waals surface area contributed by atoms with E-state index in [0.29, 0.717) is 5.96 Å². The van der Waals surface area contributed by atoms with Crippen molar-refractivity contribution in [1.82, 2.24) is 10.6 Å². The number of unbranched alkanes of at least 4 members (excludes halogenated alkanes) is 1.